The Morgan fingerprint density at radius 3 is 2.84 bits per heavy atom. The summed E-state index contributed by atoms with van der Waals surface area (Å²) in [5.74, 6) is 1.76. The fourth-order valence-corrected chi connectivity index (χ4v) is 3.14. The average Bonchev–Trinajstić information content (AvgIpc) is 3.02. The summed E-state index contributed by atoms with van der Waals surface area (Å²) in [5.41, 5.74) is 1.20. The zero-order chi connectivity index (χ0) is 18.2. The minimum Gasteiger partial charge on any atom is -0.497 e. The molecule has 1 N–H and O–H groups in total. The lowest BCUT2D eigenvalue weighted by molar-refractivity contribution is -0.145. The lowest BCUT2D eigenvalue weighted by atomic mass is 9.99. The second kappa shape index (κ2) is 9.30. The molecule has 1 aromatic carbocycles. The van der Waals surface area contributed by atoms with Crippen molar-refractivity contribution in [3.63, 3.8) is 0 Å². The van der Waals surface area contributed by atoms with Crippen LogP contribution in [0, 0.1) is 11.8 Å². The molecule has 1 aliphatic heterocycles. The van der Waals surface area contributed by atoms with Gasteiger partial charge < -0.3 is 19.7 Å². The van der Waals surface area contributed by atoms with Crippen LogP contribution in [0.3, 0.4) is 0 Å². The molecule has 1 heterocycles. The summed E-state index contributed by atoms with van der Waals surface area (Å²) in [6.45, 7) is 7.08. The van der Waals surface area contributed by atoms with Gasteiger partial charge in [0.2, 0.25) is 0 Å². The molecule has 0 spiro atoms. The van der Waals surface area contributed by atoms with Crippen LogP contribution in [0.25, 0.3) is 0 Å². The van der Waals surface area contributed by atoms with Crippen molar-refractivity contribution < 1.29 is 14.3 Å². The number of rotatable bonds is 6. The molecule has 1 aromatic rings. The van der Waals surface area contributed by atoms with Gasteiger partial charge in [-0.15, -0.1) is 0 Å². The molecule has 2 unspecified atom stereocenters. The van der Waals surface area contributed by atoms with Gasteiger partial charge >= 0.3 is 5.97 Å². The first kappa shape index (κ1) is 19.1. The molecule has 6 heteroatoms. The van der Waals surface area contributed by atoms with Crippen LogP contribution in [-0.2, 0) is 16.0 Å². The fraction of sp³-hybridized carbons (Fsp3) is 0.579. The highest BCUT2D eigenvalue weighted by Crippen LogP contribution is 2.24. The Bertz CT molecular complexity index is 603. The summed E-state index contributed by atoms with van der Waals surface area (Å²) in [7, 11) is 3.12. The second-order valence-corrected chi connectivity index (χ2v) is 6.35. The number of ether oxygens (including phenoxy) is 2. The number of benzene rings is 1. The molecule has 25 heavy (non-hydrogen) atoms. The van der Waals surface area contributed by atoms with Crippen molar-refractivity contribution in [2.75, 3.05) is 40.4 Å². The molecule has 0 radical (unpaired) electrons. The standard InChI is InChI=1S/C19H29N3O3/c1-5-20-19(22-12-14(2)17(13-22)18(23)25-4)21-10-9-15-7-6-8-16(11-15)24-3/h6-8,11,14,17H,5,9-10,12-13H2,1-4H3,(H,20,21). The summed E-state index contributed by atoms with van der Waals surface area (Å²) < 4.78 is 10.2. The number of carbonyl (C=O) groups excluding carboxylic acids is 1. The molecule has 2 rings (SSSR count). The monoisotopic (exact) mass is 347 g/mol. The number of hydrogen-bond donors (Lipinski definition) is 1. The molecule has 2 atom stereocenters. The van der Waals surface area contributed by atoms with Crippen molar-refractivity contribution in [2.45, 2.75) is 20.3 Å². The van der Waals surface area contributed by atoms with Gasteiger partial charge in [0.25, 0.3) is 0 Å². The Hall–Kier alpha value is -2.24. The third kappa shape index (κ3) is 5.11. The van der Waals surface area contributed by atoms with E-state index in [9.17, 15) is 4.79 Å². The Kier molecular flexibility index (Phi) is 7.10. The van der Waals surface area contributed by atoms with E-state index in [-0.39, 0.29) is 17.8 Å². The smallest absolute Gasteiger partial charge is 0.310 e. The maximum Gasteiger partial charge on any atom is 0.310 e. The quantitative estimate of drug-likeness (QED) is 0.484. The van der Waals surface area contributed by atoms with Crippen molar-refractivity contribution in [3.05, 3.63) is 29.8 Å². The van der Waals surface area contributed by atoms with Gasteiger partial charge in [-0.05, 0) is 37.0 Å². The van der Waals surface area contributed by atoms with E-state index in [1.165, 1.54) is 12.7 Å². The number of carbonyl (C=O) groups is 1. The first-order valence-corrected chi connectivity index (χ1v) is 8.83. The van der Waals surface area contributed by atoms with Crippen LogP contribution in [-0.4, -0.2) is 57.2 Å². The second-order valence-electron chi connectivity index (χ2n) is 6.35. The molecule has 1 saturated heterocycles. The van der Waals surface area contributed by atoms with Gasteiger partial charge in [0, 0.05) is 26.2 Å². The van der Waals surface area contributed by atoms with Gasteiger partial charge in [-0.25, -0.2) is 0 Å². The Labute approximate surface area is 150 Å². The molecular weight excluding hydrogens is 318 g/mol. The van der Waals surface area contributed by atoms with Crippen molar-refractivity contribution in [1.29, 1.82) is 0 Å². The summed E-state index contributed by atoms with van der Waals surface area (Å²) in [4.78, 5) is 18.8. The number of nitrogens with one attached hydrogen (secondary N) is 1. The molecule has 1 aliphatic rings. The van der Waals surface area contributed by atoms with E-state index in [4.69, 9.17) is 14.5 Å². The average molecular weight is 347 g/mol. The van der Waals surface area contributed by atoms with Crippen LogP contribution in [0.1, 0.15) is 19.4 Å². The highest BCUT2D eigenvalue weighted by atomic mass is 16.5. The Morgan fingerprint density at radius 2 is 2.16 bits per heavy atom. The largest absolute Gasteiger partial charge is 0.497 e. The highest BCUT2D eigenvalue weighted by Gasteiger charge is 2.36. The maximum atomic E-state index is 11.9. The van der Waals surface area contributed by atoms with Crippen LogP contribution < -0.4 is 10.1 Å². The van der Waals surface area contributed by atoms with Crippen molar-refractivity contribution >= 4 is 11.9 Å². The van der Waals surface area contributed by atoms with Crippen LogP contribution >= 0.6 is 0 Å². The van der Waals surface area contributed by atoms with E-state index in [2.05, 4.69) is 30.1 Å². The number of guanidine groups is 1. The number of methoxy groups -OCH3 is 2. The van der Waals surface area contributed by atoms with E-state index in [0.717, 1.165) is 31.2 Å². The number of nitrogens with zero attached hydrogens (tertiary/aromatic N) is 2. The summed E-state index contributed by atoms with van der Waals surface area (Å²) >= 11 is 0. The number of likely N-dealkylation sites (tertiary alicyclic amines) is 1. The molecule has 0 aromatic heterocycles. The van der Waals surface area contributed by atoms with Crippen molar-refractivity contribution in [1.82, 2.24) is 10.2 Å². The molecule has 6 nitrogen and oxygen atoms in total. The first-order chi connectivity index (χ1) is 12.1. The van der Waals surface area contributed by atoms with E-state index < -0.39 is 0 Å². The Morgan fingerprint density at radius 1 is 1.36 bits per heavy atom. The van der Waals surface area contributed by atoms with Crippen LogP contribution in [0.5, 0.6) is 5.75 Å². The van der Waals surface area contributed by atoms with Crippen molar-refractivity contribution in [2.24, 2.45) is 16.8 Å². The predicted molar refractivity (Wildman–Crippen MR) is 98.9 cm³/mol. The summed E-state index contributed by atoms with van der Waals surface area (Å²) in [5, 5.41) is 3.33. The number of hydrogen-bond acceptors (Lipinski definition) is 4. The van der Waals surface area contributed by atoms with E-state index in [1.807, 2.05) is 18.2 Å². The predicted octanol–water partition coefficient (Wildman–Crippen LogP) is 1.94. The zero-order valence-electron chi connectivity index (χ0n) is 15.6. The van der Waals surface area contributed by atoms with Gasteiger partial charge in [-0.2, -0.15) is 0 Å². The summed E-state index contributed by atoms with van der Waals surface area (Å²) in [6.07, 6.45) is 0.843. The number of esters is 1. The van der Waals surface area contributed by atoms with Gasteiger partial charge in [0.1, 0.15) is 5.75 Å². The van der Waals surface area contributed by atoms with Gasteiger partial charge in [0.05, 0.1) is 20.1 Å². The third-order valence-electron chi connectivity index (χ3n) is 4.55. The SMILES string of the molecule is CCNC(=NCCc1cccc(OC)c1)N1CC(C)C(C(=O)OC)C1. The van der Waals surface area contributed by atoms with Gasteiger partial charge in [-0.1, -0.05) is 19.1 Å². The van der Waals surface area contributed by atoms with Crippen molar-refractivity contribution in [3.8, 4) is 5.75 Å². The molecule has 0 amide bonds. The minimum atomic E-state index is -0.137. The van der Waals surface area contributed by atoms with Crippen LogP contribution in [0.4, 0.5) is 0 Å². The fourth-order valence-electron chi connectivity index (χ4n) is 3.14. The van der Waals surface area contributed by atoms with E-state index >= 15 is 0 Å². The minimum absolute atomic E-state index is 0.0905. The van der Waals surface area contributed by atoms with Gasteiger partial charge in [0.15, 0.2) is 5.96 Å². The molecule has 0 aliphatic carbocycles. The van der Waals surface area contributed by atoms with Crippen LogP contribution in [0.2, 0.25) is 0 Å². The Balaban J connectivity index is 1.99. The lowest BCUT2D eigenvalue weighted by Crippen LogP contribution is -2.40. The molecule has 1 fully saturated rings. The van der Waals surface area contributed by atoms with Gasteiger partial charge in [-0.3, -0.25) is 9.79 Å². The number of aliphatic imine (C=N–C) groups is 1. The molecule has 138 valence electrons. The maximum absolute atomic E-state index is 11.9. The first-order valence-electron chi connectivity index (χ1n) is 8.83. The van der Waals surface area contributed by atoms with E-state index in [1.54, 1.807) is 7.11 Å². The third-order valence-corrected chi connectivity index (χ3v) is 4.55. The molecule has 0 bridgehead atoms. The molecule has 0 saturated carbocycles. The zero-order valence-corrected chi connectivity index (χ0v) is 15.6. The van der Waals surface area contributed by atoms with E-state index in [0.29, 0.717) is 13.1 Å². The van der Waals surface area contributed by atoms with Crippen LogP contribution in [0.15, 0.2) is 29.3 Å². The molecular formula is C19H29N3O3. The summed E-state index contributed by atoms with van der Waals surface area (Å²) in [6, 6.07) is 8.05. The lowest BCUT2D eigenvalue weighted by Gasteiger charge is -2.21. The normalized spacial score (nSPS) is 20.5. The highest BCUT2D eigenvalue weighted by molar-refractivity contribution is 5.82. The topological polar surface area (TPSA) is 63.2 Å².